The van der Waals surface area contributed by atoms with Crippen molar-refractivity contribution in [2.24, 2.45) is 5.10 Å². The lowest BCUT2D eigenvalue weighted by molar-refractivity contribution is -0.384. The summed E-state index contributed by atoms with van der Waals surface area (Å²) in [5.41, 5.74) is 3.57. The van der Waals surface area contributed by atoms with E-state index in [1.807, 2.05) is 0 Å². The molecule has 2 aromatic rings. The number of hydrogen-bond acceptors (Lipinski definition) is 7. The van der Waals surface area contributed by atoms with E-state index in [1.165, 1.54) is 36.5 Å². The molecule has 8 nitrogen and oxygen atoms in total. The molecule has 0 spiro atoms. The minimum Gasteiger partial charge on any atom is -0.744 e. The van der Waals surface area contributed by atoms with Crippen molar-refractivity contribution in [1.29, 1.82) is 0 Å². The van der Waals surface area contributed by atoms with E-state index in [9.17, 15) is 23.1 Å². The fourth-order valence-corrected chi connectivity index (χ4v) is 2.07. The minimum absolute atomic E-state index is 0.0473. The van der Waals surface area contributed by atoms with Crippen molar-refractivity contribution < 1.29 is 17.9 Å². The molecular formula is C13H10N3O5S-. The average molecular weight is 320 g/mol. The highest BCUT2D eigenvalue weighted by Gasteiger charge is 2.04. The molecule has 2 rings (SSSR count). The fourth-order valence-electron chi connectivity index (χ4n) is 1.60. The highest BCUT2D eigenvalue weighted by atomic mass is 32.2. The van der Waals surface area contributed by atoms with E-state index in [2.05, 4.69) is 10.5 Å². The highest BCUT2D eigenvalue weighted by Crippen LogP contribution is 2.14. The largest absolute Gasteiger partial charge is 0.744 e. The zero-order valence-electron chi connectivity index (χ0n) is 11.0. The lowest BCUT2D eigenvalue weighted by Crippen LogP contribution is -1.98. The Balaban J connectivity index is 2.06. The van der Waals surface area contributed by atoms with E-state index in [0.717, 1.165) is 12.1 Å². The maximum Gasteiger partial charge on any atom is 0.270 e. The Kier molecular flexibility index (Phi) is 4.49. The standard InChI is InChI=1S/C13H11N3O5S/c17-16(18)12-3-1-2-10(8-12)9-14-15-11-4-6-13(7-5-11)22(19,20)21/h1-9,15H,(H,19,20,21)/p-1. The van der Waals surface area contributed by atoms with Crippen LogP contribution in [-0.2, 0) is 10.1 Å². The quantitative estimate of drug-likeness (QED) is 0.388. The maximum atomic E-state index is 10.8. The van der Waals surface area contributed by atoms with Crippen molar-refractivity contribution >= 4 is 27.7 Å². The summed E-state index contributed by atoms with van der Waals surface area (Å²) < 4.78 is 32.3. The van der Waals surface area contributed by atoms with Gasteiger partial charge in [-0.15, -0.1) is 0 Å². The molecule has 0 saturated carbocycles. The third kappa shape index (κ3) is 4.11. The van der Waals surface area contributed by atoms with Crippen molar-refractivity contribution in [3.05, 3.63) is 64.2 Å². The molecule has 0 aliphatic carbocycles. The second-order valence-corrected chi connectivity index (χ2v) is 5.58. The number of rotatable bonds is 5. The Hall–Kier alpha value is -2.78. The molecule has 0 amide bonds. The van der Waals surface area contributed by atoms with E-state index in [0.29, 0.717) is 11.3 Å². The first-order chi connectivity index (χ1) is 10.4. The van der Waals surface area contributed by atoms with Crippen LogP contribution in [-0.4, -0.2) is 24.1 Å². The number of anilines is 1. The van der Waals surface area contributed by atoms with Crippen LogP contribution < -0.4 is 5.43 Å². The van der Waals surface area contributed by atoms with Gasteiger partial charge in [-0.2, -0.15) is 5.10 Å². The van der Waals surface area contributed by atoms with Crippen LogP contribution in [0.3, 0.4) is 0 Å². The molecule has 0 fully saturated rings. The smallest absolute Gasteiger partial charge is 0.270 e. The maximum absolute atomic E-state index is 10.8. The minimum atomic E-state index is -4.48. The first-order valence-corrected chi connectivity index (χ1v) is 7.36. The third-order valence-corrected chi connectivity index (χ3v) is 3.48. The molecule has 0 aliphatic heterocycles. The van der Waals surface area contributed by atoms with E-state index in [1.54, 1.807) is 6.07 Å². The van der Waals surface area contributed by atoms with Gasteiger partial charge in [0.05, 0.1) is 21.7 Å². The summed E-state index contributed by atoms with van der Waals surface area (Å²) in [6.45, 7) is 0. The molecule has 0 aliphatic rings. The van der Waals surface area contributed by atoms with Gasteiger partial charge in [0.15, 0.2) is 0 Å². The molecule has 2 aromatic carbocycles. The summed E-state index contributed by atoms with van der Waals surface area (Å²) in [4.78, 5) is 9.79. The monoisotopic (exact) mass is 320 g/mol. The summed E-state index contributed by atoms with van der Waals surface area (Å²) in [5, 5.41) is 14.5. The number of non-ortho nitro benzene ring substituents is 1. The van der Waals surface area contributed by atoms with Crippen LogP contribution in [0.5, 0.6) is 0 Å². The fraction of sp³-hybridized carbons (Fsp3) is 0. The van der Waals surface area contributed by atoms with Crippen molar-refractivity contribution in [2.45, 2.75) is 4.90 Å². The van der Waals surface area contributed by atoms with E-state index in [4.69, 9.17) is 0 Å². The van der Waals surface area contributed by atoms with Gasteiger partial charge in [0, 0.05) is 17.7 Å². The van der Waals surface area contributed by atoms with Crippen LogP contribution in [0.15, 0.2) is 58.5 Å². The lowest BCUT2D eigenvalue weighted by Gasteiger charge is -2.07. The molecule has 114 valence electrons. The molecule has 22 heavy (non-hydrogen) atoms. The van der Waals surface area contributed by atoms with Crippen molar-refractivity contribution in [3.8, 4) is 0 Å². The van der Waals surface area contributed by atoms with Gasteiger partial charge in [0.25, 0.3) is 5.69 Å². The van der Waals surface area contributed by atoms with E-state index < -0.39 is 15.0 Å². The van der Waals surface area contributed by atoms with Gasteiger partial charge in [-0.25, -0.2) is 8.42 Å². The van der Waals surface area contributed by atoms with Gasteiger partial charge < -0.3 is 4.55 Å². The number of nitro groups is 1. The molecule has 0 unspecified atom stereocenters. The highest BCUT2D eigenvalue weighted by molar-refractivity contribution is 7.85. The van der Waals surface area contributed by atoms with Crippen LogP contribution in [0.4, 0.5) is 11.4 Å². The molecule has 9 heteroatoms. The van der Waals surface area contributed by atoms with Crippen LogP contribution >= 0.6 is 0 Å². The molecule has 0 saturated heterocycles. The zero-order valence-corrected chi connectivity index (χ0v) is 11.9. The SMILES string of the molecule is O=[N+]([O-])c1cccc(C=NNc2ccc(S(=O)(=O)[O-])cc2)c1. The molecular weight excluding hydrogens is 310 g/mol. The molecule has 0 heterocycles. The van der Waals surface area contributed by atoms with Gasteiger partial charge >= 0.3 is 0 Å². The Morgan fingerprint density at radius 3 is 2.41 bits per heavy atom. The van der Waals surface area contributed by atoms with Crippen LogP contribution in [0.25, 0.3) is 0 Å². The van der Waals surface area contributed by atoms with Gasteiger partial charge in [-0.1, -0.05) is 12.1 Å². The summed E-state index contributed by atoms with van der Waals surface area (Å²) >= 11 is 0. The number of hydrazone groups is 1. The number of nitro benzene ring substituents is 1. The normalized spacial score (nSPS) is 11.5. The molecule has 0 aromatic heterocycles. The van der Waals surface area contributed by atoms with Crippen LogP contribution in [0.2, 0.25) is 0 Å². The van der Waals surface area contributed by atoms with Gasteiger partial charge in [-0.05, 0) is 24.3 Å². The summed E-state index contributed by atoms with van der Waals surface area (Å²) in [5.74, 6) is 0. The molecule has 0 bridgehead atoms. The van der Waals surface area contributed by atoms with Gasteiger partial charge in [0.2, 0.25) is 0 Å². The number of benzene rings is 2. The van der Waals surface area contributed by atoms with Crippen molar-refractivity contribution in [1.82, 2.24) is 0 Å². The summed E-state index contributed by atoms with van der Waals surface area (Å²) in [6.07, 6.45) is 1.38. The van der Waals surface area contributed by atoms with Crippen LogP contribution in [0.1, 0.15) is 5.56 Å². The summed E-state index contributed by atoms with van der Waals surface area (Å²) in [6, 6.07) is 11.0. The summed E-state index contributed by atoms with van der Waals surface area (Å²) in [7, 11) is -4.48. The predicted octanol–water partition coefficient (Wildman–Crippen LogP) is 1.94. The molecule has 1 N–H and O–H groups in total. The first kappa shape index (κ1) is 15.6. The van der Waals surface area contributed by atoms with Crippen LogP contribution in [0, 0.1) is 10.1 Å². The first-order valence-electron chi connectivity index (χ1n) is 5.96. The number of nitrogens with zero attached hydrogens (tertiary/aromatic N) is 2. The molecule has 0 atom stereocenters. The average Bonchev–Trinajstić information content (AvgIpc) is 2.47. The Bertz CT molecular complexity index is 816. The van der Waals surface area contributed by atoms with Gasteiger partial charge in [0.1, 0.15) is 10.1 Å². The third-order valence-electron chi connectivity index (χ3n) is 2.63. The zero-order chi connectivity index (χ0) is 16.2. The Morgan fingerprint density at radius 1 is 1.14 bits per heavy atom. The van der Waals surface area contributed by atoms with E-state index >= 15 is 0 Å². The predicted molar refractivity (Wildman–Crippen MR) is 78.7 cm³/mol. The topological polar surface area (TPSA) is 125 Å². The second kappa shape index (κ2) is 6.33. The van der Waals surface area contributed by atoms with Crippen molar-refractivity contribution in [2.75, 3.05) is 5.43 Å². The van der Waals surface area contributed by atoms with Gasteiger partial charge in [-0.3, -0.25) is 15.5 Å². The number of hydrogen-bond donors (Lipinski definition) is 1. The van der Waals surface area contributed by atoms with Crippen molar-refractivity contribution in [3.63, 3.8) is 0 Å². The molecule has 0 radical (unpaired) electrons. The Morgan fingerprint density at radius 2 is 1.82 bits per heavy atom. The second-order valence-electron chi connectivity index (χ2n) is 4.20. The number of nitrogens with one attached hydrogen (secondary N) is 1. The van der Waals surface area contributed by atoms with E-state index in [-0.39, 0.29) is 10.6 Å². The lowest BCUT2D eigenvalue weighted by atomic mass is 10.2. The Labute approximate surface area is 126 Å².